The lowest BCUT2D eigenvalue weighted by Gasteiger charge is -2.15. The topological polar surface area (TPSA) is 35.2 Å². The lowest BCUT2D eigenvalue weighted by molar-refractivity contribution is 0.413. The third-order valence-electron chi connectivity index (χ3n) is 3.44. The predicted octanol–water partition coefficient (Wildman–Crippen LogP) is 3.33. The van der Waals surface area contributed by atoms with E-state index < -0.39 is 11.6 Å². The second-order valence-corrected chi connectivity index (χ2v) is 5.14. The van der Waals surface area contributed by atoms with E-state index in [0.717, 1.165) is 23.8 Å². The van der Waals surface area contributed by atoms with Crippen molar-refractivity contribution in [2.24, 2.45) is 11.7 Å². The summed E-state index contributed by atoms with van der Waals surface area (Å²) in [5.41, 5.74) is 7.53. The van der Waals surface area contributed by atoms with Crippen molar-refractivity contribution in [3.8, 4) is 5.75 Å². The average molecular weight is 291 g/mol. The van der Waals surface area contributed by atoms with Crippen molar-refractivity contribution in [1.82, 2.24) is 0 Å². The molecule has 2 aromatic carbocycles. The highest BCUT2D eigenvalue weighted by Gasteiger charge is 2.11. The molecule has 1 unspecified atom stereocenters. The molecule has 0 aliphatic heterocycles. The maximum atomic E-state index is 13.2. The number of rotatable bonds is 6. The van der Waals surface area contributed by atoms with E-state index in [0.29, 0.717) is 18.5 Å². The van der Waals surface area contributed by atoms with Gasteiger partial charge in [-0.1, -0.05) is 12.1 Å². The minimum absolute atomic E-state index is 0.123. The van der Waals surface area contributed by atoms with Crippen molar-refractivity contribution >= 4 is 0 Å². The zero-order chi connectivity index (χ0) is 15.2. The summed E-state index contributed by atoms with van der Waals surface area (Å²) < 4.78 is 31.6. The van der Waals surface area contributed by atoms with Crippen LogP contribution in [0.15, 0.2) is 42.5 Å². The first-order valence-electron chi connectivity index (χ1n) is 6.88. The number of benzene rings is 2. The SMILES string of the molecule is COc1cccc(CC(CN)Cc2cc(F)cc(F)c2)c1. The molecule has 0 radical (unpaired) electrons. The molecule has 2 rings (SSSR count). The van der Waals surface area contributed by atoms with Crippen LogP contribution in [0, 0.1) is 17.6 Å². The van der Waals surface area contributed by atoms with Crippen molar-refractivity contribution in [3.63, 3.8) is 0 Å². The molecule has 21 heavy (non-hydrogen) atoms. The molecule has 112 valence electrons. The highest BCUT2D eigenvalue weighted by molar-refractivity contribution is 5.29. The van der Waals surface area contributed by atoms with Gasteiger partial charge in [-0.3, -0.25) is 0 Å². The van der Waals surface area contributed by atoms with Gasteiger partial charge in [0.1, 0.15) is 17.4 Å². The number of ether oxygens (including phenoxy) is 1. The van der Waals surface area contributed by atoms with E-state index in [9.17, 15) is 8.78 Å². The predicted molar refractivity (Wildman–Crippen MR) is 79.3 cm³/mol. The van der Waals surface area contributed by atoms with Gasteiger partial charge in [-0.05, 0) is 60.7 Å². The molecule has 2 aromatic rings. The van der Waals surface area contributed by atoms with Crippen LogP contribution in [-0.4, -0.2) is 13.7 Å². The van der Waals surface area contributed by atoms with E-state index in [1.54, 1.807) is 7.11 Å². The van der Waals surface area contributed by atoms with Crippen LogP contribution < -0.4 is 10.5 Å². The van der Waals surface area contributed by atoms with Crippen molar-refractivity contribution in [3.05, 3.63) is 65.2 Å². The van der Waals surface area contributed by atoms with Crippen LogP contribution in [0.1, 0.15) is 11.1 Å². The first kappa shape index (κ1) is 15.4. The van der Waals surface area contributed by atoms with E-state index in [-0.39, 0.29) is 5.92 Å². The fraction of sp³-hybridized carbons (Fsp3) is 0.294. The first-order chi connectivity index (χ1) is 10.1. The van der Waals surface area contributed by atoms with E-state index in [1.165, 1.54) is 12.1 Å². The number of nitrogens with two attached hydrogens (primary N) is 1. The Kier molecular flexibility index (Phi) is 5.28. The smallest absolute Gasteiger partial charge is 0.126 e. The Hall–Kier alpha value is -1.94. The molecule has 0 fully saturated rings. The Morgan fingerprint density at radius 3 is 2.29 bits per heavy atom. The Morgan fingerprint density at radius 2 is 1.67 bits per heavy atom. The maximum absolute atomic E-state index is 13.2. The molecule has 2 N–H and O–H groups in total. The molecule has 0 aromatic heterocycles. The molecule has 0 saturated carbocycles. The molecule has 0 aliphatic rings. The van der Waals surface area contributed by atoms with Crippen LogP contribution in [0.4, 0.5) is 8.78 Å². The van der Waals surface area contributed by atoms with E-state index in [4.69, 9.17) is 10.5 Å². The lowest BCUT2D eigenvalue weighted by atomic mass is 9.92. The highest BCUT2D eigenvalue weighted by Crippen LogP contribution is 2.19. The minimum atomic E-state index is -0.554. The number of hydrogen-bond acceptors (Lipinski definition) is 2. The Labute approximate surface area is 123 Å². The van der Waals surface area contributed by atoms with Crippen molar-refractivity contribution in [1.29, 1.82) is 0 Å². The molecule has 2 nitrogen and oxygen atoms in total. The summed E-state index contributed by atoms with van der Waals surface area (Å²) in [6.07, 6.45) is 1.29. The quantitative estimate of drug-likeness (QED) is 0.886. The van der Waals surface area contributed by atoms with Crippen molar-refractivity contribution in [2.75, 3.05) is 13.7 Å². The van der Waals surface area contributed by atoms with Gasteiger partial charge in [0, 0.05) is 6.07 Å². The number of hydrogen-bond donors (Lipinski definition) is 1. The molecular formula is C17H19F2NO. The molecule has 0 bridgehead atoms. The minimum Gasteiger partial charge on any atom is -0.497 e. The normalized spacial score (nSPS) is 12.2. The van der Waals surface area contributed by atoms with Gasteiger partial charge in [-0.2, -0.15) is 0 Å². The average Bonchev–Trinajstić information content (AvgIpc) is 2.45. The summed E-state index contributed by atoms with van der Waals surface area (Å²) in [7, 11) is 1.62. The van der Waals surface area contributed by atoms with Gasteiger partial charge in [0.25, 0.3) is 0 Å². The van der Waals surface area contributed by atoms with Gasteiger partial charge >= 0.3 is 0 Å². The van der Waals surface area contributed by atoms with E-state index in [2.05, 4.69) is 0 Å². The summed E-state index contributed by atoms with van der Waals surface area (Å²) in [4.78, 5) is 0. The molecule has 0 saturated heterocycles. The highest BCUT2D eigenvalue weighted by atomic mass is 19.1. The van der Waals surface area contributed by atoms with Crippen LogP contribution in [0.3, 0.4) is 0 Å². The summed E-state index contributed by atoms with van der Waals surface area (Å²) in [6.45, 7) is 0.454. The standard InChI is InChI=1S/C17H19F2NO/c1-21-17-4-2-3-12(9-17)5-14(11-20)6-13-7-15(18)10-16(19)8-13/h2-4,7-10,14H,5-6,11,20H2,1H3. The first-order valence-corrected chi connectivity index (χ1v) is 6.88. The molecule has 0 amide bonds. The van der Waals surface area contributed by atoms with Crippen LogP contribution >= 0.6 is 0 Å². The second kappa shape index (κ2) is 7.18. The van der Waals surface area contributed by atoms with Gasteiger partial charge in [-0.15, -0.1) is 0 Å². The van der Waals surface area contributed by atoms with Gasteiger partial charge in [0.05, 0.1) is 7.11 Å². The summed E-state index contributed by atoms with van der Waals surface area (Å²) in [6, 6.07) is 11.3. The number of halogens is 2. The maximum Gasteiger partial charge on any atom is 0.126 e. The molecule has 1 atom stereocenters. The van der Waals surface area contributed by atoms with Gasteiger partial charge in [0.2, 0.25) is 0 Å². The Bertz CT molecular complexity index is 581. The second-order valence-electron chi connectivity index (χ2n) is 5.14. The zero-order valence-electron chi connectivity index (χ0n) is 12.0. The van der Waals surface area contributed by atoms with Crippen LogP contribution in [0.25, 0.3) is 0 Å². The monoisotopic (exact) mass is 291 g/mol. The largest absolute Gasteiger partial charge is 0.497 e. The number of methoxy groups -OCH3 is 1. The van der Waals surface area contributed by atoms with Gasteiger partial charge in [-0.25, -0.2) is 8.78 Å². The molecule has 0 aliphatic carbocycles. The molecule has 4 heteroatoms. The molecule has 0 spiro atoms. The third-order valence-corrected chi connectivity index (χ3v) is 3.44. The van der Waals surface area contributed by atoms with Crippen LogP contribution in [0.2, 0.25) is 0 Å². The van der Waals surface area contributed by atoms with Crippen molar-refractivity contribution in [2.45, 2.75) is 12.8 Å². The Balaban J connectivity index is 2.08. The fourth-order valence-electron chi connectivity index (χ4n) is 2.43. The summed E-state index contributed by atoms with van der Waals surface area (Å²) in [5, 5.41) is 0. The van der Waals surface area contributed by atoms with Crippen LogP contribution in [-0.2, 0) is 12.8 Å². The summed E-state index contributed by atoms with van der Waals surface area (Å²) in [5.74, 6) is -0.192. The molecule has 0 heterocycles. The van der Waals surface area contributed by atoms with E-state index in [1.807, 2.05) is 24.3 Å². The van der Waals surface area contributed by atoms with Gasteiger partial charge < -0.3 is 10.5 Å². The van der Waals surface area contributed by atoms with Crippen molar-refractivity contribution < 1.29 is 13.5 Å². The Morgan fingerprint density at radius 1 is 1.00 bits per heavy atom. The molecular weight excluding hydrogens is 272 g/mol. The van der Waals surface area contributed by atoms with Crippen LogP contribution in [0.5, 0.6) is 5.75 Å². The van der Waals surface area contributed by atoms with Gasteiger partial charge in [0.15, 0.2) is 0 Å². The summed E-state index contributed by atoms with van der Waals surface area (Å²) >= 11 is 0. The fourth-order valence-corrected chi connectivity index (χ4v) is 2.43. The van der Waals surface area contributed by atoms with E-state index >= 15 is 0 Å². The zero-order valence-corrected chi connectivity index (χ0v) is 12.0. The lowest BCUT2D eigenvalue weighted by Crippen LogP contribution is -2.19. The third kappa shape index (κ3) is 4.53.